The number of nitrogens with zero attached hydrogens (tertiary/aromatic N) is 1. The summed E-state index contributed by atoms with van der Waals surface area (Å²) in [7, 11) is 0. The molecular formula is C10H16N4O2. The van der Waals surface area contributed by atoms with Gasteiger partial charge in [0, 0.05) is 18.7 Å². The van der Waals surface area contributed by atoms with Crippen molar-refractivity contribution in [1.82, 2.24) is 9.97 Å². The highest BCUT2D eigenvalue weighted by Gasteiger charge is 2.39. The number of nitrogens with two attached hydrogens (primary N) is 1. The summed E-state index contributed by atoms with van der Waals surface area (Å²) in [6, 6.07) is 1.50. The fraction of sp³-hybridized carbons (Fsp3) is 0.600. The molecule has 6 nitrogen and oxygen atoms in total. The number of anilines is 1. The molecule has 88 valence electrons. The van der Waals surface area contributed by atoms with E-state index < -0.39 is 0 Å². The van der Waals surface area contributed by atoms with Crippen LogP contribution in [-0.4, -0.2) is 34.8 Å². The number of nitrogens with one attached hydrogen (secondary N) is 2. The van der Waals surface area contributed by atoms with Crippen molar-refractivity contribution in [2.75, 3.05) is 11.9 Å². The van der Waals surface area contributed by atoms with Crippen molar-refractivity contribution in [2.24, 2.45) is 5.73 Å². The second-order valence-corrected chi connectivity index (χ2v) is 3.86. The number of ether oxygens (including phenoxy) is 1. The number of hydrogen-bond acceptors (Lipinski definition) is 5. The van der Waals surface area contributed by atoms with Crippen molar-refractivity contribution in [3.8, 4) is 0 Å². The summed E-state index contributed by atoms with van der Waals surface area (Å²) in [6.45, 7) is 2.62. The second kappa shape index (κ2) is 4.63. The van der Waals surface area contributed by atoms with Crippen molar-refractivity contribution >= 4 is 5.82 Å². The SMILES string of the molecule is CCOC1CC(N)C1Nc1cc(=O)[nH]cn1. The number of H-pyrrole nitrogens is 1. The first-order valence-corrected chi connectivity index (χ1v) is 5.39. The average Bonchev–Trinajstić information content (AvgIpc) is 2.26. The third-order valence-corrected chi connectivity index (χ3v) is 2.74. The zero-order chi connectivity index (χ0) is 11.5. The van der Waals surface area contributed by atoms with Crippen LogP contribution in [0.4, 0.5) is 5.82 Å². The Kier molecular flexibility index (Phi) is 3.21. The molecule has 1 aromatic heterocycles. The Morgan fingerprint density at radius 3 is 3.19 bits per heavy atom. The minimum atomic E-state index is -0.182. The number of rotatable bonds is 4. The van der Waals surface area contributed by atoms with Crippen LogP contribution in [0.1, 0.15) is 13.3 Å². The molecule has 6 heteroatoms. The zero-order valence-corrected chi connectivity index (χ0v) is 9.14. The van der Waals surface area contributed by atoms with Crippen LogP contribution in [0.5, 0.6) is 0 Å². The van der Waals surface area contributed by atoms with Crippen molar-refractivity contribution in [1.29, 1.82) is 0 Å². The summed E-state index contributed by atoms with van der Waals surface area (Å²) in [5, 5.41) is 3.12. The molecule has 3 atom stereocenters. The van der Waals surface area contributed by atoms with Crippen LogP contribution in [0.3, 0.4) is 0 Å². The molecule has 1 heterocycles. The summed E-state index contributed by atoms with van der Waals surface area (Å²) >= 11 is 0. The topological polar surface area (TPSA) is 93.0 Å². The molecule has 1 fully saturated rings. The molecule has 1 aliphatic carbocycles. The molecule has 1 aliphatic rings. The maximum atomic E-state index is 11.1. The lowest BCUT2D eigenvalue weighted by atomic mass is 9.83. The summed E-state index contributed by atoms with van der Waals surface area (Å²) < 4.78 is 5.51. The van der Waals surface area contributed by atoms with Gasteiger partial charge in [-0.1, -0.05) is 0 Å². The first kappa shape index (κ1) is 11.1. The van der Waals surface area contributed by atoms with Gasteiger partial charge in [0.15, 0.2) is 0 Å². The van der Waals surface area contributed by atoms with Crippen LogP contribution in [0, 0.1) is 0 Å². The van der Waals surface area contributed by atoms with E-state index in [-0.39, 0.29) is 23.7 Å². The largest absolute Gasteiger partial charge is 0.376 e. The van der Waals surface area contributed by atoms with E-state index >= 15 is 0 Å². The molecular weight excluding hydrogens is 208 g/mol. The van der Waals surface area contributed by atoms with Gasteiger partial charge in [0.05, 0.1) is 18.5 Å². The molecule has 0 radical (unpaired) electrons. The number of aromatic nitrogens is 2. The number of aromatic amines is 1. The Labute approximate surface area is 93.2 Å². The van der Waals surface area contributed by atoms with Gasteiger partial charge in [-0.05, 0) is 13.3 Å². The Morgan fingerprint density at radius 1 is 1.75 bits per heavy atom. The highest BCUT2D eigenvalue weighted by molar-refractivity contribution is 5.35. The standard InChI is InChI=1S/C10H16N4O2/c1-2-16-7-3-6(11)10(7)14-8-4-9(15)13-5-12-8/h4-7,10H,2-3,11H2,1H3,(H2,12,13,14,15). The smallest absolute Gasteiger partial charge is 0.252 e. The van der Waals surface area contributed by atoms with E-state index in [0.29, 0.717) is 12.4 Å². The minimum Gasteiger partial charge on any atom is -0.376 e. The molecule has 0 spiro atoms. The third kappa shape index (κ3) is 2.23. The van der Waals surface area contributed by atoms with Crippen molar-refractivity contribution in [3.63, 3.8) is 0 Å². The lowest BCUT2D eigenvalue weighted by Crippen LogP contribution is -2.60. The van der Waals surface area contributed by atoms with Crippen LogP contribution in [-0.2, 0) is 4.74 Å². The molecule has 1 aromatic rings. The van der Waals surface area contributed by atoms with E-state index in [9.17, 15) is 4.79 Å². The van der Waals surface area contributed by atoms with Gasteiger partial charge in [0.25, 0.3) is 5.56 Å². The average molecular weight is 224 g/mol. The second-order valence-electron chi connectivity index (χ2n) is 3.86. The maximum Gasteiger partial charge on any atom is 0.252 e. The van der Waals surface area contributed by atoms with E-state index in [2.05, 4.69) is 15.3 Å². The third-order valence-electron chi connectivity index (χ3n) is 2.74. The van der Waals surface area contributed by atoms with Gasteiger partial charge in [-0.25, -0.2) is 4.98 Å². The summed E-state index contributed by atoms with van der Waals surface area (Å²) in [4.78, 5) is 17.5. The first-order valence-electron chi connectivity index (χ1n) is 5.39. The van der Waals surface area contributed by atoms with Gasteiger partial charge in [-0.3, -0.25) is 4.79 Å². The molecule has 0 aliphatic heterocycles. The summed E-state index contributed by atoms with van der Waals surface area (Å²) in [5.41, 5.74) is 5.69. The van der Waals surface area contributed by atoms with E-state index in [1.165, 1.54) is 12.4 Å². The highest BCUT2D eigenvalue weighted by Crippen LogP contribution is 2.25. The Hall–Kier alpha value is -1.40. The monoisotopic (exact) mass is 224 g/mol. The quantitative estimate of drug-likeness (QED) is 0.652. The Morgan fingerprint density at radius 2 is 2.56 bits per heavy atom. The van der Waals surface area contributed by atoms with Gasteiger partial charge >= 0.3 is 0 Å². The molecule has 0 bridgehead atoms. The summed E-state index contributed by atoms with van der Waals surface area (Å²) in [5.74, 6) is 0.536. The molecule has 1 saturated carbocycles. The first-order chi connectivity index (χ1) is 7.70. The molecule has 0 saturated heterocycles. The van der Waals surface area contributed by atoms with E-state index in [4.69, 9.17) is 10.5 Å². The van der Waals surface area contributed by atoms with Crippen LogP contribution in [0.25, 0.3) is 0 Å². The van der Waals surface area contributed by atoms with Crippen LogP contribution in [0.15, 0.2) is 17.2 Å². The van der Waals surface area contributed by atoms with Crippen molar-refractivity contribution in [3.05, 3.63) is 22.7 Å². The molecule has 16 heavy (non-hydrogen) atoms. The maximum absolute atomic E-state index is 11.1. The number of hydrogen-bond donors (Lipinski definition) is 3. The van der Waals surface area contributed by atoms with Gasteiger partial charge in [0.1, 0.15) is 5.82 Å². The molecule has 3 unspecified atom stereocenters. The lowest BCUT2D eigenvalue weighted by molar-refractivity contribution is -0.0127. The molecule has 0 aromatic carbocycles. The summed E-state index contributed by atoms with van der Waals surface area (Å²) in [6.07, 6.45) is 2.32. The predicted molar refractivity (Wildman–Crippen MR) is 60.3 cm³/mol. The minimum absolute atomic E-state index is 0.0363. The fourth-order valence-electron chi connectivity index (χ4n) is 1.85. The van der Waals surface area contributed by atoms with Crippen molar-refractivity contribution in [2.45, 2.75) is 31.5 Å². The molecule has 4 N–H and O–H groups in total. The van der Waals surface area contributed by atoms with Gasteiger partial charge in [-0.2, -0.15) is 0 Å². The fourth-order valence-corrected chi connectivity index (χ4v) is 1.85. The normalized spacial score (nSPS) is 28.5. The zero-order valence-electron chi connectivity index (χ0n) is 9.14. The van der Waals surface area contributed by atoms with Gasteiger partial charge in [-0.15, -0.1) is 0 Å². The predicted octanol–water partition coefficient (Wildman–Crippen LogP) is -0.313. The van der Waals surface area contributed by atoms with E-state index in [1.807, 2.05) is 6.92 Å². The van der Waals surface area contributed by atoms with Crippen LogP contribution < -0.4 is 16.6 Å². The van der Waals surface area contributed by atoms with Gasteiger partial charge < -0.3 is 20.8 Å². The van der Waals surface area contributed by atoms with E-state index in [1.54, 1.807) is 0 Å². The molecule has 0 amide bonds. The van der Waals surface area contributed by atoms with E-state index in [0.717, 1.165) is 6.42 Å². The van der Waals surface area contributed by atoms with Crippen LogP contribution >= 0.6 is 0 Å². The lowest BCUT2D eigenvalue weighted by Gasteiger charge is -2.42. The van der Waals surface area contributed by atoms with Gasteiger partial charge in [0.2, 0.25) is 0 Å². The molecule has 2 rings (SSSR count). The van der Waals surface area contributed by atoms with Crippen molar-refractivity contribution < 1.29 is 4.74 Å². The Bertz CT molecular complexity index is 404. The van der Waals surface area contributed by atoms with Crippen LogP contribution in [0.2, 0.25) is 0 Å². The highest BCUT2D eigenvalue weighted by atomic mass is 16.5. The Balaban J connectivity index is 2.00.